The molecule has 4 heteroatoms. The standard InChI is InChI=1S/C14H16N4/c1-3-18(4-2)14-11(9-15)7-10-8-12(16)5-6-13(10)17-14/h5-8H,3-4,16H2,1-2H3. The Hall–Kier alpha value is -2.28. The predicted molar refractivity (Wildman–Crippen MR) is 74.4 cm³/mol. The lowest BCUT2D eigenvalue weighted by atomic mass is 10.1. The molecule has 0 bridgehead atoms. The van der Waals surface area contributed by atoms with Gasteiger partial charge >= 0.3 is 0 Å². The molecule has 0 aliphatic heterocycles. The fourth-order valence-electron chi connectivity index (χ4n) is 2.03. The van der Waals surface area contributed by atoms with Crippen LogP contribution in [-0.4, -0.2) is 18.1 Å². The highest BCUT2D eigenvalue weighted by Crippen LogP contribution is 2.24. The van der Waals surface area contributed by atoms with Crippen molar-refractivity contribution in [2.45, 2.75) is 13.8 Å². The van der Waals surface area contributed by atoms with E-state index in [0.717, 1.165) is 29.8 Å². The molecule has 0 aliphatic carbocycles. The van der Waals surface area contributed by atoms with Crippen LogP contribution in [0.25, 0.3) is 10.9 Å². The topological polar surface area (TPSA) is 65.9 Å². The first-order chi connectivity index (χ1) is 8.69. The van der Waals surface area contributed by atoms with Crippen molar-refractivity contribution >= 4 is 22.4 Å². The summed E-state index contributed by atoms with van der Waals surface area (Å²) in [4.78, 5) is 6.65. The summed E-state index contributed by atoms with van der Waals surface area (Å²) in [7, 11) is 0. The van der Waals surface area contributed by atoms with E-state index in [0.29, 0.717) is 11.3 Å². The van der Waals surface area contributed by atoms with Gasteiger partial charge in [0.1, 0.15) is 11.9 Å². The fraction of sp³-hybridized carbons (Fsp3) is 0.286. The van der Waals surface area contributed by atoms with Crippen molar-refractivity contribution in [1.82, 2.24) is 4.98 Å². The number of fused-ring (bicyclic) bond motifs is 1. The van der Waals surface area contributed by atoms with Crippen molar-refractivity contribution in [2.24, 2.45) is 0 Å². The average Bonchev–Trinajstić information content (AvgIpc) is 2.39. The highest BCUT2D eigenvalue weighted by atomic mass is 15.2. The monoisotopic (exact) mass is 240 g/mol. The molecule has 0 amide bonds. The van der Waals surface area contributed by atoms with Crippen LogP contribution in [0.15, 0.2) is 24.3 Å². The molecule has 2 aromatic rings. The Kier molecular flexibility index (Phi) is 3.33. The van der Waals surface area contributed by atoms with Crippen molar-refractivity contribution in [3.05, 3.63) is 29.8 Å². The molecular formula is C14H16N4. The van der Waals surface area contributed by atoms with Gasteiger partial charge in [0.05, 0.1) is 11.1 Å². The molecule has 0 radical (unpaired) electrons. The first-order valence-electron chi connectivity index (χ1n) is 6.05. The minimum Gasteiger partial charge on any atom is -0.399 e. The lowest BCUT2D eigenvalue weighted by Gasteiger charge is -2.21. The molecule has 0 unspecified atom stereocenters. The van der Waals surface area contributed by atoms with Gasteiger partial charge in [-0.2, -0.15) is 5.26 Å². The lowest BCUT2D eigenvalue weighted by molar-refractivity contribution is 0.847. The number of anilines is 2. The third kappa shape index (κ3) is 2.07. The molecule has 0 saturated heterocycles. The largest absolute Gasteiger partial charge is 0.399 e. The van der Waals surface area contributed by atoms with Crippen LogP contribution in [0.1, 0.15) is 19.4 Å². The molecule has 2 N–H and O–H groups in total. The highest BCUT2D eigenvalue weighted by molar-refractivity contribution is 5.85. The predicted octanol–water partition coefficient (Wildman–Crippen LogP) is 2.53. The maximum atomic E-state index is 9.24. The van der Waals surface area contributed by atoms with Gasteiger partial charge in [-0.1, -0.05) is 0 Å². The number of benzene rings is 1. The maximum absolute atomic E-state index is 9.24. The average molecular weight is 240 g/mol. The van der Waals surface area contributed by atoms with Gasteiger partial charge in [0.2, 0.25) is 0 Å². The fourth-order valence-corrected chi connectivity index (χ4v) is 2.03. The SMILES string of the molecule is CCN(CC)c1nc2ccc(N)cc2cc1C#N. The lowest BCUT2D eigenvalue weighted by Crippen LogP contribution is -2.24. The number of aromatic nitrogens is 1. The molecule has 0 fully saturated rings. The highest BCUT2D eigenvalue weighted by Gasteiger charge is 2.11. The molecular weight excluding hydrogens is 224 g/mol. The Bertz CT molecular complexity index is 609. The first-order valence-corrected chi connectivity index (χ1v) is 6.05. The molecule has 18 heavy (non-hydrogen) atoms. The van der Waals surface area contributed by atoms with Crippen molar-refractivity contribution in [1.29, 1.82) is 5.26 Å². The van der Waals surface area contributed by atoms with Crippen molar-refractivity contribution in [3.63, 3.8) is 0 Å². The Morgan fingerprint density at radius 3 is 2.61 bits per heavy atom. The second-order valence-corrected chi connectivity index (χ2v) is 4.10. The second-order valence-electron chi connectivity index (χ2n) is 4.10. The van der Waals surface area contributed by atoms with E-state index in [4.69, 9.17) is 5.73 Å². The van der Waals surface area contributed by atoms with Crippen LogP contribution in [0, 0.1) is 11.3 Å². The molecule has 0 aliphatic rings. The third-order valence-electron chi connectivity index (χ3n) is 3.00. The van der Waals surface area contributed by atoms with Crippen LogP contribution in [-0.2, 0) is 0 Å². The quantitative estimate of drug-likeness (QED) is 0.837. The number of nitriles is 1. The molecule has 0 spiro atoms. The summed E-state index contributed by atoms with van der Waals surface area (Å²) in [5.41, 5.74) is 7.89. The minimum atomic E-state index is 0.594. The van der Waals surface area contributed by atoms with Gasteiger partial charge in [0.15, 0.2) is 0 Å². The molecule has 1 heterocycles. The van der Waals surface area contributed by atoms with Crippen LogP contribution < -0.4 is 10.6 Å². The molecule has 0 saturated carbocycles. The summed E-state index contributed by atoms with van der Waals surface area (Å²) in [6.07, 6.45) is 0. The number of hydrogen-bond acceptors (Lipinski definition) is 4. The zero-order chi connectivity index (χ0) is 13.1. The van der Waals surface area contributed by atoms with Crippen molar-refractivity contribution in [3.8, 4) is 6.07 Å². The number of nitrogens with two attached hydrogens (primary N) is 1. The van der Waals surface area contributed by atoms with E-state index in [-0.39, 0.29) is 0 Å². The van der Waals surface area contributed by atoms with Crippen molar-refractivity contribution < 1.29 is 0 Å². The van der Waals surface area contributed by atoms with Crippen LogP contribution in [0.2, 0.25) is 0 Å². The summed E-state index contributed by atoms with van der Waals surface area (Å²) in [6, 6.07) is 9.62. The van der Waals surface area contributed by atoms with Gasteiger partial charge in [-0.05, 0) is 38.1 Å². The molecule has 1 aromatic carbocycles. The van der Waals surface area contributed by atoms with Gasteiger partial charge in [-0.3, -0.25) is 0 Å². The van der Waals surface area contributed by atoms with Gasteiger partial charge < -0.3 is 10.6 Å². The van der Waals surface area contributed by atoms with E-state index >= 15 is 0 Å². The van der Waals surface area contributed by atoms with Gasteiger partial charge in [0, 0.05) is 24.2 Å². The number of pyridine rings is 1. The molecule has 4 nitrogen and oxygen atoms in total. The zero-order valence-corrected chi connectivity index (χ0v) is 10.6. The minimum absolute atomic E-state index is 0.594. The summed E-state index contributed by atoms with van der Waals surface area (Å²) in [6.45, 7) is 5.77. The Morgan fingerprint density at radius 1 is 1.28 bits per heavy atom. The Labute approximate surface area is 107 Å². The van der Waals surface area contributed by atoms with E-state index < -0.39 is 0 Å². The zero-order valence-electron chi connectivity index (χ0n) is 10.6. The number of nitrogen functional groups attached to an aromatic ring is 1. The van der Waals surface area contributed by atoms with E-state index in [2.05, 4.69) is 29.8 Å². The molecule has 0 atom stereocenters. The maximum Gasteiger partial charge on any atom is 0.147 e. The van der Waals surface area contributed by atoms with E-state index in [1.807, 2.05) is 24.3 Å². The number of nitrogens with zero attached hydrogens (tertiary/aromatic N) is 3. The van der Waals surface area contributed by atoms with Gasteiger partial charge in [-0.25, -0.2) is 4.98 Å². The van der Waals surface area contributed by atoms with E-state index in [1.54, 1.807) is 0 Å². The van der Waals surface area contributed by atoms with Crippen LogP contribution in [0.5, 0.6) is 0 Å². The van der Waals surface area contributed by atoms with Gasteiger partial charge in [-0.15, -0.1) is 0 Å². The molecule has 92 valence electrons. The van der Waals surface area contributed by atoms with Crippen LogP contribution in [0.3, 0.4) is 0 Å². The smallest absolute Gasteiger partial charge is 0.147 e. The summed E-state index contributed by atoms with van der Waals surface area (Å²) in [5, 5.41) is 10.1. The van der Waals surface area contributed by atoms with Crippen LogP contribution in [0.4, 0.5) is 11.5 Å². The van der Waals surface area contributed by atoms with Gasteiger partial charge in [0.25, 0.3) is 0 Å². The summed E-state index contributed by atoms with van der Waals surface area (Å²) in [5.74, 6) is 0.750. The Morgan fingerprint density at radius 2 is 2.00 bits per heavy atom. The second kappa shape index (κ2) is 4.92. The summed E-state index contributed by atoms with van der Waals surface area (Å²) < 4.78 is 0. The first kappa shape index (κ1) is 12.2. The Balaban J connectivity index is 2.67. The normalized spacial score (nSPS) is 10.3. The van der Waals surface area contributed by atoms with E-state index in [9.17, 15) is 5.26 Å². The third-order valence-corrected chi connectivity index (χ3v) is 3.00. The van der Waals surface area contributed by atoms with Crippen LogP contribution >= 0.6 is 0 Å². The summed E-state index contributed by atoms with van der Waals surface area (Å²) >= 11 is 0. The van der Waals surface area contributed by atoms with Crippen molar-refractivity contribution in [2.75, 3.05) is 23.7 Å². The molecule has 2 rings (SSSR count). The molecule has 1 aromatic heterocycles. The van der Waals surface area contributed by atoms with E-state index in [1.165, 1.54) is 0 Å². The number of rotatable bonds is 3. The number of hydrogen-bond donors (Lipinski definition) is 1.